The molecule has 18 nitrogen and oxygen atoms in total. The van der Waals surface area contributed by atoms with Crippen LogP contribution < -0.4 is 43.8 Å². The lowest BCUT2D eigenvalue weighted by Crippen LogP contribution is -2.61. The summed E-state index contributed by atoms with van der Waals surface area (Å²) in [7, 11) is 1.65. The van der Waals surface area contributed by atoms with Gasteiger partial charge in [-0.15, -0.1) is 0 Å². The number of unbranched alkanes of at least 4 members (excludes halogenated alkanes) is 1. The largest absolute Gasteiger partial charge is 0.480 e. The van der Waals surface area contributed by atoms with Crippen molar-refractivity contribution in [3.05, 3.63) is 36.0 Å². The van der Waals surface area contributed by atoms with Gasteiger partial charge in [0, 0.05) is 36.6 Å². The lowest BCUT2D eigenvalue weighted by atomic mass is 9.85. The summed E-state index contributed by atoms with van der Waals surface area (Å²) in [6, 6.07) is 1.49. The Morgan fingerprint density at radius 1 is 0.898 bits per heavy atom. The van der Waals surface area contributed by atoms with Gasteiger partial charge in [-0.2, -0.15) is 0 Å². The van der Waals surface area contributed by atoms with Crippen molar-refractivity contribution in [2.45, 2.75) is 129 Å². The summed E-state index contributed by atoms with van der Waals surface area (Å²) in [6.45, 7) is 9.95. The van der Waals surface area contributed by atoms with Crippen LogP contribution >= 0.6 is 0 Å². The van der Waals surface area contributed by atoms with Gasteiger partial charge in [0.05, 0.1) is 6.04 Å². The summed E-state index contributed by atoms with van der Waals surface area (Å²) in [5, 5.41) is 24.9. The minimum Gasteiger partial charge on any atom is -0.480 e. The SMILES string of the molecule is CN[C@@H](CCCN=C(N)N)C(=O)N[C@@H](CCCCN)C(=O)N1CCC[C@@H]1C(=O)N[C@@H](Cc1c[nH]c2ccccc12)C(=O)N[C@H](C(=O)N[C@@H](CC(C)C)C(=O)O)C(C)(C)C. The summed E-state index contributed by atoms with van der Waals surface area (Å²) in [4.78, 5) is 90.7. The molecular weight excluding hydrogens is 759 g/mol. The molecular formula is C41H67N11O7. The van der Waals surface area contributed by atoms with E-state index in [0.29, 0.717) is 58.0 Å². The Hall–Kier alpha value is -5.23. The van der Waals surface area contributed by atoms with Crippen LogP contribution in [-0.4, -0.2) is 119 Å². The Morgan fingerprint density at radius 3 is 2.19 bits per heavy atom. The van der Waals surface area contributed by atoms with Gasteiger partial charge in [-0.1, -0.05) is 52.8 Å². The third kappa shape index (κ3) is 14.5. The number of aromatic nitrogens is 1. The molecule has 1 aromatic heterocycles. The number of nitrogens with one attached hydrogen (secondary N) is 6. The zero-order chi connectivity index (χ0) is 43.9. The number of carbonyl (C=O) groups is 6. The van der Waals surface area contributed by atoms with Crippen molar-refractivity contribution >= 4 is 52.4 Å². The van der Waals surface area contributed by atoms with E-state index in [2.05, 4.69) is 36.6 Å². The average molecular weight is 826 g/mol. The molecule has 1 aliphatic heterocycles. The number of fused-ring (bicyclic) bond motifs is 1. The van der Waals surface area contributed by atoms with Crippen LogP contribution in [0.3, 0.4) is 0 Å². The van der Waals surface area contributed by atoms with Crippen LogP contribution in [0.25, 0.3) is 10.9 Å². The first-order valence-electron chi connectivity index (χ1n) is 20.6. The molecule has 0 saturated carbocycles. The van der Waals surface area contributed by atoms with Crippen LogP contribution in [0, 0.1) is 11.3 Å². The number of carboxylic acids is 1. The second kappa shape index (κ2) is 22.8. The Labute approximate surface area is 347 Å². The topological polar surface area (TPSA) is 292 Å². The lowest BCUT2D eigenvalue weighted by Gasteiger charge is -2.33. The second-order valence-electron chi connectivity index (χ2n) is 16.8. The van der Waals surface area contributed by atoms with Crippen LogP contribution in [0.15, 0.2) is 35.5 Å². The highest BCUT2D eigenvalue weighted by molar-refractivity contribution is 5.97. The number of aromatic amines is 1. The molecule has 59 heavy (non-hydrogen) atoms. The van der Waals surface area contributed by atoms with E-state index in [1.807, 2.05) is 38.1 Å². The highest BCUT2D eigenvalue weighted by atomic mass is 16.4. The number of benzene rings is 1. The van der Waals surface area contributed by atoms with Crippen LogP contribution in [0.1, 0.15) is 91.5 Å². The first kappa shape index (κ1) is 48.1. The molecule has 0 unspecified atom stereocenters. The lowest BCUT2D eigenvalue weighted by molar-refractivity contribution is -0.143. The quantitative estimate of drug-likeness (QED) is 0.0420. The molecule has 0 radical (unpaired) electrons. The number of aliphatic carboxylic acids is 1. The predicted molar refractivity (Wildman–Crippen MR) is 227 cm³/mol. The molecule has 3 rings (SSSR count). The minimum absolute atomic E-state index is 0.0208. The van der Waals surface area contributed by atoms with Gasteiger partial charge in [0.25, 0.3) is 0 Å². The van der Waals surface area contributed by atoms with Gasteiger partial charge < -0.3 is 58.8 Å². The minimum atomic E-state index is -1.20. The molecule has 0 aliphatic carbocycles. The first-order valence-corrected chi connectivity index (χ1v) is 20.6. The van der Waals surface area contributed by atoms with Gasteiger partial charge >= 0.3 is 5.97 Å². The second-order valence-corrected chi connectivity index (χ2v) is 16.8. The molecule has 1 fully saturated rings. The Bertz CT molecular complexity index is 1770. The molecule has 0 bridgehead atoms. The molecule has 2 aromatic rings. The molecule has 6 atom stereocenters. The van der Waals surface area contributed by atoms with Crippen LogP contribution in [0.5, 0.6) is 0 Å². The van der Waals surface area contributed by atoms with Crippen LogP contribution in [0.4, 0.5) is 0 Å². The van der Waals surface area contributed by atoms with E-state index in [1.54, 1.807) is 34.0 Å². The molecule has 1 aromatic carbocycles. The van der Waals surface area contributed by atoms with Crippen molar-refractivity contribution < 1.29 is 33.9 Å². The van der Waals surface area contributed by atoms with E-state index in [1.165, 1.54) is 4.90 Å². The number of hydrogen-bond acceptors (Lipinski definition) is 9. The zero-order valence-electron chi connectivity index (χ0n) is 35.4. The maximum Gasteiger partial charge on any atom is 0.326 e. The zero-order valence-corrected chi connectivity index (χ0v) is 35.4. The molecule has 328 valence electrons. The maximum atomic E-state index is 14.3. The molecule has 18 heteroatoms. The number of likely N-dealkylation sites (N-methyl/N-ethyl adjacent to an activating group) is 1. The van der Waals surface area contributed by atoms with Crippen molar-refractivity contribution in [2.75, 3.05) is 26.7 Å². The fourth-order valence-corrected chi connectivity index (χ4v) is 7.30. The van der Waals surface area contributed by atoms with E-state index in [4.69, 9.17) is 17.2 Å². The highest BCUT2D eigenvalue weighted by Crippen LogP contribution is 2.24. The van der Waals surface area contributed by atoms with Crippen LogP contribution in [0.2, 0.25) is 0 Å². The van der Waals surface area contributed by atoms with E-state index >= 15 is 0 Å². The molecule has 1 aliphatic rings. The summed E-state index contributed by atoms with van der Waals surface area (Å²) in [6.07, 6.45) is 5.26. The van der Waals surface area contributed by atoms with Gasteiger partial charge in [0.2, 0.25) is 29.5 Å². The average Bonchev–Trinajstić information content (AvgIpc) is 3.83. The Balaban J connectivity index is 1.89. The number of likely N-dealkylation sites (tertiary alicyclic amines) is 1. The number of H-pyrrole nitrogens is 1. The Morgan fingerprint density at radius 2 is 1.56 bits per heavy atom. The summed E-state index contributed by atoms with van der Waals surface area (Å²) >= 11 is 0. The molecule has 13 N–H and O–H groups in total. The number of nitrogens with two attached hydrogens (primary N) is 3. The third-order valence-corrected chi connectivity index (χ3v) is 10.5. The smallest absolute Gasteiger partial charge is 0.326 e. The third-order valence-electron chi connectivity index (χ3n) is 10.5. The number of carbonyl (C=O) groups excluding carboxylic acids is 5. The number of para-hydroxylation sites is 1. The van der Waals surface area contributed by atoms with Crippen molar-refractivity contribution in [1.29, 1.82) is 0 Å². The standard InChI is InChI=1S/C41H67N11O7/c1-24(2)21-31(39(58)59)50-37(56)33(41(3,4)5)51-35(54)30(22-25-23-47-27-14-8-7-13-26(25)27)49-36(55)32-17-12-20-52(32)38(57)29(15-9-10-18-42)48-34(53)28(45-6)16-11-19-46-40(43)44/h7-8,13-14,23-24,28-33,45,47H,9-12,15-22,42H2,1-6H3,(H,48,53)(H,49,55)(H,50,56)(H,51,54)(H,58,59)(H4,43,44,46)/t28-,29-,30-,31-,32+,33+/m0/s1. The number of guanidine groups is 1. The molecule has 5 amide bonds. The van der Waals surface area contributed by atoms with Crippen molar-refractivity contribution in [3.63, 3.8) is 0 Å². The van der Waals surface area contributed by atoms with Crippen molar-refractivity contribution in [2.24, 2.45) is 33.5 Å². The number of hydrogen-bond donors (Lipinski definition) is 10. The summed E-state index contributed by atoms with van der Waals surface area (Å²) in [5.41, 5.74) is 17.3. The number of amides is 5. The Kier molecular flexibility index (Phi) is 18.6. The first-order chi connectivity index (χ1) is 27.9. The summed E-state index contributed by atoms with van der Waals surface area (Å²) in [5.74, 6) is -3.93. The highest BCUT2D eigenvalue weighted by Gasteiger charge is 2.41. The molecule has 1 saturated heterocycles. The van der Waals surface area contributed by atoms with E-state index in [9.17, 15) is 33.9 Å². The summed E-state index contributed by atoms with van der Waals surface area (Å²) < 4.78 is 0. The number of aliphatic imine (C=N–C) groups is 1. The van der Waals surface area contributed by atoms with Gasteiger partial charge in [0.15, 0.2) is 5.96 Å². The van der Waals surface area contributed by atoms with E-state index < -0.39 is 71.3 Å². The predicted octanol–water partition coefficient (Wildman–Crippen LogP) is 0.588. The number of nitrogens with zero attached hydrogens (tertiary/aromatic N) is 2. The van der Waals surface area contributed by atoms with E-state index in [-0.39, 0.29) is 37.2 Å². The van der Waals surface area contributed by atoms with E-state index in [0.717, 1.165) is 16.5 Å². The van der Waals surface area contributed by atoms with Gasteiger partial charge in [-0.05, 0) is 87.9 Å². The van der Waals surface area contributed by atoms with Crippen molar-refractivity contribution in [3.8, 4) is 0 Å². The van der Waals surface area contributed by atoms with Crippen molar-refractivity contribution in [1.82, 2.24) is 36.5 Å². The monoisotopic (exact) mass is 826 g/mol. The van der Waals surface area contributed by atoms with Gasteiger partial charge in [-0.25, -0.2) is 4.79 Å². The van der Waals surface area contributed by atoms with Gasteiger partial charge in [0.1, 0.15) is 30.2 Å². The molecule has 0 spiro atoms. The number of carboxylic acid groups (broad SMARTS) is 1. The van der Waals surface area contributed by atoms with Crippen LogP contribution in [-0.2, 0) is 35.2 Å². The molecule has 2 heterocycles. The van der Waals surface area contributed by atoms with Gasteiger partial charge in [-0.3, -0.25) is 29.0 Å². The number of rotatable bonds is 23. The fraction of sp³-hybridized carbons (Fsp3) is 0.634. The maximum absolute atomic E-state index is 14.3. The normalized spacial score (nSPS) is 16.7. The fourth-order valence-electron chi connectivity index (χ4n) is 7.30.